The van der Waals surface area contributed by atoms with Crippen LogP contribution < -0.4 is 9.47 Å². The van der Waals surface area contributed by atoms with Crippen LogP contribution in [0, 0.1) is 18.2 Å². The third-order valence-corrected chi connectivity index (χ3v) is 3.00. The molecule has 0 aromatic heterocycles. The van der Waals surface area contributed by atoms with Gasteiger partial charge in [-0.2, -0.15) is 0 Å². The van der Waals surface area contributed by atoms with Crippen molar-refractivity contribution >= 4 is 0 Å². The lowest BCUT2D eigenvalue weighted by molar-refractivity contribution is 0.362. The van der Waals surface area contributed by atoms with E-state index in [2.05, 4.69) is 5.92 Å². The van der Waals surface area contributed by atoms with E-state index in [0.717, 1.165) is 12.8 Å². The molecule has 0 aliphatic heterocycles. The van der Waals surface area contributed by atoms with Crippen molar-refractivity contribution in [1.29, 1.82) is 0 Å². The number of terminal acetylenes is 1. The summed E-state index contributed by atoms with van der Waals surface area (Å²) in [4.78, 5) is 0. The number of ether oxygens (including phenoxy) is 2. The van der Waals surface area contributed by atoms with Gasteiger partial charge in [0.25, 0.3) is 0 Å². The summed E-state index contributed by atoms with van der Waals surface area (Å²) >= 11 is 0. The molecule has 1 aromatic rings. The van der Waals surface area contributed by atoms with Crippen molar-refractivity contribution in [3.63, 3.8) is 0 Å². The van der Waals surface area contributed by atoms with E-state index in [-0.39, 0.29) is 5.75 Å². The Kier molecular flexibility index (Phi) is 2.51. The van der Waals surface area contributed by atoms with Gasteiger partial charge in [-0.25, -0.2) is 4.39 Å². The molecule has 1 aliphatic carbocycles. The van der Waals surface area contributed by atoms with Gasteiger partial charge < -0.3 is 9.47 Å². The van der Waals surface area contributed by atoms with Gasteiger partial charge in [-0.3, -0.25) is 0 Å². The van der Waals surface area contributed by atoms with Gasteiger partial charge in [0.2, 0.25) is 0 Å². The van der Waals surface area contributed by atoms with Crippen molar-refractivity contribution in [3.8, 4) is 23.8 Å². The van der Waals surface area contributed by atoms with E-state index in [1.54, 1.807) is 13.2 Å². The fourth-order valence-corrected chi connectivity index (χ4v) is 1.95. The standard InChI is InChI=1S/C13H13FO2/c1-4-13(7-8-13)11-10(15-2)6-5-9(14)12(11)16-3/h1,5-6H,7-8H2,2-3H3. The Morgan fingerprint density at radius 1 is 1.31 bits per heavy atom. The minimum Gasteiger partial charge on any atom is -0.496 e. The molecule has 1 aliphatic rings. The Labute approximate surface area is 94.4 Å². The highest BCUT2D eigenvalue weighted by molar-refractivity contribution is 5.57. The molecule has 2 rings (SSSR count). The summed E-state index contributed by atoms with van der Waals surface area (Å²) in [5.74, 6) is 3.11. The second kappa shape index (κ2) is 3.71. The highest BCUT2D eigenvalue weighted by atomic mass is 19.1. The molecule has 0 atom stereocenters. The molecular formula is C13H13FO2. The number of rotatable bonds is 3. The van der Waals surface area contributed by atoms with E-state index >= 15 is 0 Å². The maximum atomic E-state index is 13.6. The van der Waals surface area contributed by atoms with E-state index in [1.165, 1.54) is 13.2 Å². The molecule has 0 heterocycles. The summed E-state index contributed by atoms with van der Waals surface area (Å²) < 4.78 is 23.9. The molecule has 1 fully saturated rings. The molecule has 0 unspecified atom stereocenters. The zero-order chi connectivity index (χ0) is 11.8. The predicted octanol–water partition coefficient (Wildman–Crippen LogP) is 2.51. The molecule has 0 radical (unpaired) electrons. The van der Waals surface area contributed by atoms with Crippen LogP contribution in [-0.2, 0) is 5.41 Å². The topological polar surface area (TPSA) is 18.5 Å². The third-order valence-electron chi connectivity index (χ3n) is 3.00. The molecule has 84 valence electrons. The van der Waals surface area contributed by atoms with Crippen LogP contribution in [0.25, 0.3) is 0 Å². The molecule has 1 aromatic carbocycles. The van der Waals surface area contributed by atoms with Gasteiger partial charge in [0.1, 0.15) is 5.75 Å². The minimum atomic E-state index is -0.404. The number of hydrogen-bond acceptors (Lipinski definition) is 2. The first-order chi connectivity index (χ1) is 7.68. The lowest BCUT2D eigenvalue weighted by Gasteiger charge is -2.17. The second-order valence-electron chi connectivity index (χ2n) is 3.88. The molecule has 1 saturated carbocycles. The summed E-state index contributed by atoms with van der Waals surface area (Å²) in [6.07, 6.45) is 7.21. The maximum absolute atomic E-state index is 13.6. The van der Waals surface area contributed by atoms with Crippen LogP contribution >= 0.6 is 0 Å². The van der Waals surface area contributed by atoms with Gasteiger partial charge in [-0.1, -0.05) is 5.92 Å². The molecule has 0 bridgehead atoms. The summed E-state index contributed by atoms with van der Waals surface area (Å²) in [6.45, 7) is 0. The van der Waals surface area contributed by atoms with E-state index in [0.29, 0.717) is 11.3 Å². The number of benzene rings is 1. The maximum Gasteiger partial charge on any atom is 0.165 e. The Balaban J connectivity index is 2.65. The molecular weight excluding hydrogens is 207 g/mol. The number of methoxy groups -OCH3 is 2. The summed E-state index contributed by atoms with van der Waals surface area (Å²) in [7, 11) is 2.98. The predicted molar refractivity (Wildman–Crippen MR) is 59.2 cm³/mol. The molecule has 0 saturated heterocycles. The van der Waals surface area contributed by atoms with Gasteiger partial charge in [0, 0.05) is 0 Å². The third kappa shape index (κ3) is 1.42. The highest BCUT2D eigenvalue weighted by Crippen LogP contribution is 2.54. The van der Waals surface area contributed by atoms with E-state index in [9.17, 15) is 4.39 Å². The highest BCUT2D eigenvalue weighted by Gasteiger charge is 2.47. The normalized spacial score (nSPS) is 16.4. The van der Waals surface area contributed by atoms with Crippen molar-refractivity contribution in [2.45, 2.75) is 18.3 Å². The van der Waals surface area contributed by atoms with Crippen molar-refractivity contribution in [2.75, 3.05) is 14.2 Å². The van der Waals surface area contributed by atoms with Gasteiger partial charge in [-0.05, 0) is 25.0 Å². The molecule has 0 spiro atoms. The number of halogens is 1. The smallest absolute Gasteiger partial charge is 0.165 e. The molecule has 0 amide bonds. The Morgan fingerprint density at radius 3 is 2.44 bits per heavy atom. The van der Waals surface area contributed by atoms with Crippen LogP contribution in [0.2, 0.25) is 0 Å². The van der Waals surface area contributed by atoms with Crippen LogP contribution in [0.5, 0.6) is 11.5 Å². The molecule has 16 heavy (non-hydrogen) atoms. The summed E-state index contributed by atoms with van der Waals surface area (Å²) in [6, 6.07) is 2.92. The van der Waals surface area contributed by atoms with Crippen LogP contribution in [0.1, 0.15) is 18.4 Å². The Morgan fingerprint density at radius 2 is 2.00 bits per heavy atom. The van der Waals surface area contributed by atoms with Gasteiger partial charge >= 0.3 is 0 Å². The lowest BCUT2D eigenvalue weighted by atomic mass is 9.94. The Hall–Kier alpha value is -1.69. The van der Waals surface area contributed by atoms with E-state index in [1.807, 2.05) is 0 Å². The quantitative estimate of drug-likeness (QED) is 0.729. The summed E-state index contributed by atoms with van der Waals surface area (Å²) in [5.41, 5.74) is 0.263. The fraction of sp³-hybridized carbons (Fsp3) is 0.385. The second-order valence-corrected chi connectivity index (χ2v) is 3.88. The first kappa shape index (κ1) is 10.8. The zero-order valence-corrected chi connectivity index (χ0v) is 9.34. The largest absolute Gasteiger partial charge is 0.496 e. The SMILES string of the molecule is C#CC1(c2c(OC)ccc(F)c2OC)CC1. The number of hydrogen-bond donors (Lipinski definition) is 0. The minimum absolute atomic E-state index is 0.204. The monoisotopic (exact) mass is 220 g/mol. The first-order valence-electron chi connectivity index (χ1n) is 5.07. The molecule has 3 heteroatoms. The van der Waals surface area contributed by atoms with E-state index < -0.39 is 11.2 Å². The van der Waals surface area contributed by atoms with Crippen molar-refractivity contribution in [1.82, 2.24) is 0 Å². The van der Waals surface area contributed by atoms with Crippen LogP contribution in [-0.4, -0.2) is 14.2 Å². The van der Waals surface area contributed by atoms with Crippen LogP contribution in [0.15, 0.2) is 12.1 Å². The van der Waals surface area contributed by atoms with Crippen LogP contribution in [0.3, 0.4) is 0 Å². The first-order valence-corrected chi connectivity index (χ1v) is 5.07. The average molecular weight is 220 g/mol. The fourth-order valence-electron chi connectivity index (χ4n) is 1.95. The van der Waals surface area contributed by atoms with Crippen LogP contribution in [0.4, 0.5) is 4.39 Å². The lowest BCUT2D eigenvalue weighted by Crippen LogP contribution is -2.09. The molecule has 2 nitrogen and oxygen atoms in total. The average Bonchev–Trinajstić information content (AvgIpc) is 3.09. The van der Waals surface area contributed by atoms with Gasteiger partial charge in [-0.15, -0.1) is 6.42 Å². The zero-order valence-electron chi connectivity index (χ0n) is 9.34. The molecule has 0 N–H and O–H groups in total. The summed E-state index contributed by atoms with van der Waals surface area (Å²) in [5, 5.41) is 0. The van der Waals surface area contributed by atoms with Crippen molar-refractivity contribution in [2.24, 2.45) is 0 Å². The van der Waals surface area contributed by atoms with Crippen molar-refractivity contribution in [3.05, 3.63) is 23.5 Å². The van der Waals surface area contributed by atoms with Gasteiger partial charge in [0.15, 0.2) is 11.6 Å². The van der Waals surface area contributed by atoms with E-state index in [4.69, 9.17) is 15.9 Å². The Bertz CT molecular complexity index is 456. The van der Waals surface area contributed by atoms with Crippen molar-refractivity contribution < 1.29 is 13.9 Å². The van der Waals surface area contributed by atoms with Gasteiger partial charge in [0.05, 0.1) is 25.2 Å².